The highest BCUT2D eigenvalue weighted by atomic mass is 35.5. The van der Waals surface area contributed by atoms with E-state index in [1.165, 1.54) is 13.2 Å². The summed E-state index contributed by atoms with van der Waals surface area (Å²) in [4.78, 5) is 25.9. The lowest BCUT2D eigenvalue weighted by atomic mass is 10.2. The van der Waals surface area contributed by atoms with Crippen LogP contribution in [0.15, 0.2) is 18.2 Å². The molecule has 1 aromatic rings. The van der Waals surface area contributed by atoms with E-state index in [-0.39, 0.29) is 5.91 Å². The van der Waals surface area contributed by atoms with Crippen molar-refractivity contribution in [3.05, 3.63) is 28.8 Å². The summed E-state index contributed by atoms with van der Waals surface area (Å²) in [5.41, 5.74) is 0.662. The minimum Gasteiger partial charge on any atom is -0.491 e. The Morgan fingerprint density at radius 1 is 1.31 bits per heavy atom. The number of carbonyl (C=O) groups excluding carboxylic acids is 2. The van der Waals surface area contributed by atoms with Crippen LogP contribution in [-0.4, -0.2) is 49.7 Å². The van der Waals surface area contributed by atoms with E-state index in [4.69, 9.17) is 25.8 Å². The number of amides is 1. The summed E-state index contributed by atoms with van der Waals surface area (Å²) >= 11 is 6.18. The third-order valence-corrected chi connectivity index (χ3v) is 4.29. The predicted molar refractivity (Wildman–Crippen MR) is 99.6 cm³/mol. The van der Waals surface area contributed by atoms with E-state index in [0.29, 0.717) is 28.7 Å². The molecule has 1 fully saturated rings. The van der Waals surface area contributed by atoms with Crippen LogP contribution in [0.4, 0.5) is 0 Å². The molecular weight excluding hydrogens is 358 g/mol. The number of methoxy groups -OCH3 is 1. The lowest BCUT2D eigenvalue weighted by Gasteiger charge is -2.19. The fourth-order valence-electron chi connectivity index (χ4n) is 2.77. The van der Waals surface area contributed by atoms with Gasteiger partial charge in [-0.15, -0.1) is 0 Å². The Morgan fingerprint density at radius 3 is 2.62 bits per heavy atom. The van der Waals surface area contributed by atoms with E-state index in [0.717, 1.165) is 25.9 Å². The molecule has 0 unspecified atom stereocenters. The largest absolute Gasteiger partial charge is 0.491 e. The van der Waals surface area contributed by atoms with Crippen LogP contribution in [0.25, 0.3) is 6.08 Å². The molecule has 26 heavy (non-hydrogen) atoms. The highest BCUT2D eigenvalue weighted by Gasteiger charge is 2.25. The molecule has 142 valence electrons. The fraction of sp³-hybridized carbons (Fsp3) is 0.474. The summed E-state index contributed by atoms with van der Waals surface area (Å²) in [6.07, 6.45) is 4.01. The minimum absolute atomic E-state index is 0.157. The highest BCUT2D eigenvalue weighted by Crippen LogP contribution is 2.36. The van der Waals surface area contributed by atoms with Gasteiger partial charge in [0.25, 0.3) is 5.91 Å². The number of carbonyl (C=O) groups is 2. The molecule has 1 aliphatic rings. The molecule has 1 aliphatic heterocycles. The van der Waals surface area contributed by atoms with Crippen molar-refractivity contribution >= 4 is 29.6 Å². The van der Waals surface area contributed by atoms with Crippen LogP contribution in [-0.2, 0) is 14.3 Å². The van der Waals surface area contributed by atoms with Gasteiger partial charge in [-0.2, -0.15) is 0 Å². The molecule has 1 saturated heterocycles. The zero-order valence-corrected chi connectivity index (χ0v) is 16.0. The molecule has 1 atom stereocenters. The van der Waals surface area contributed by atoms with Crippen molar-refractivity contribution in [1.82, 2.24) is 4.90 Å². The van der Waals surface area contributed by atoms with Gasteiger partial charge in [0.15, 0.2) is 17.6 Å². The predicted octanol–water partition coefficient (Wildman–Crippen LogP) is 3.31. The molecule has 0 saturated carbocycles. The zero-order valence-electron chi connectivity index (χ0n) is 15.3. The number of ether oxygens (including phenoxy) is 3. The molecule has 1 amide bonds. The molecule has 1 heterocycles. The number of esters is 1. The Bertz CT molecular complexity index is 683. The second kappa shape index (κ2) is 9.48. The van der Waals surface area contributed by atoms with E-state index in [1.807, 2.05) is 6.92 Å². The van der Waals surface area contributed by atoms with Gasteiger partial charge in [0.1, 0.15) is 0 Å². The standard InChI is InChI=1S/C19H24ClNO5/c1-4-25-16-12-14(11-15(20)18(16)24-3)7-8-17(22)26-13(2)19(23)21-9-5-6-10-21/h7-8,11-13H,4-6,9-10H2,1-3H3/b8-7+/t13-/m1/s1. The van der Waals surface area contributed by atoms with Crippen LogP contribution in [0.5, 0.6) is 11.5 Å². The van der Waals surface area contributed by atoms with Crippen LogP contribution < -0.4 is 9.47 Å². The number of rotatable bonds is 7. The Labute approximate surface area is 158 Å². The summed E-state index contributed by atoms with van der Waals surface area (Å²) in [6, 6.07) is 3.38. The van der Waals surface area contributed by atoms with Gasteiger partial charge in [-0.1, -0.05) is 11.6 Å². The second-order valence-electron chi connectivity index (χ2n) is 5.91. The van der Waals surface area contributed by atoms with Gasteiger partial charge < -0.3 is 19.1 Å². The summed E-state index contributed by atoms with van der Waals surface area (Å²) in [5.74, 6) is 0.191. The first-order valence-electron chi connectivity index (χ1n) is 8.64. The summed E-state index contributed by atoms with van der Waals surface area (Å²) in [7, 11) is 1.51. The van der Waals surface area contributed by atoms with E-state index in [2.05, 4.69) is 0 Å². The maximum Gasteiger partial charge on any atom is 0.331 e. The average molecular weight is 382 g/mol. The van der Waals surface area contributed by atoms with E-state index < -0.39 is 12.1 Å². The number of hydrogen-bond acceptors (Lipinski definition) is 5. The lowest BCUT2D eigenvalue weighted by molar-refractivity contribution is -0.154. The van der Waals surface area contributed by atoms with Gasteiger partial charge in [0.05, 0.1) is 18.7 Å². The molecule has 0 spiro atoms. The van der Waals surface area contributed by atoms with E-state index >= 15 is 0 Å². The smallest absolute Gasteiger partial charge is 0.331 e. The van der Waals surface area contributed by atoms with Crippen molar-refractivity contribution in [2.45, 2.75) is 32.8 Å². The van der Waals surface area contributed by atoms with Gasteiger partial charge in [-0.25, -0.2) is 4.79 Å². The Kier molecular flexibility index (Phi) is 7.33. The number of halogens is 1. The maximum atomic E-state index is 12.2. The van der Waals surface area contributed by atoms with Crippen LogP contribution in [0.3, 0.4) is 0 Å². The molecule has 2 rings (SSSR count). The molecule has 0 radical (unpaired) electrons. The van der Waals surface area contributed by atoms with Crippen molar-refractivity contribution in [2.24, 2.45) is 0 Å². The van der Waals surface area contributed by atoms with Gasteiger partial charge in [0, 0.05) is 19.2 Å². The van der Waals surface area contributed by atoms with Crippen molar-refractivity contribution < 1.29 is 23.8 Å². The minimum atomic E-state index is -0.802. The van der Waals surface area contributed by atoms with Crippen molar-refractivity contribution in [3.63, 3.8) is 0 Å². The van der Waals surface area contributed by atoms with Crippen molar-refractivity contribution in [2.75, 3.05) is 26.8 Å². The first-order chi connectivity index (χ1) is 12.5. The number of benzene rings is 1. The SMILES string of the molecule is CCOc1cc(/C=C/C(=O)O[C@H](C)C(=O)N2CCCC2)cc(Cl)c1OC. The lowest BCUT2D eigenvalue weighted by Crippen LogP contribution is -2.37. The molecule has 0 aliphatic carbocycles. The maximum absolute atomic E-state index is 12.2. The van der Waals surface area contributed by atoms with Crippen LogP contribution >= 0.6 is 11.6 Å². The van der Waals surface area contributed by atoms with E-state index in [1.54, 1.807) is 30.0 Å². The van der Waals surface area contributed by atoms with Crippen molar-refractivity contribution in [3.8, 4) is 11.5 Å². The average Bonchev–Trinajstić information content (AvgIpc) is 3.14. The molecule has 1 aromatic carbocycles. The molecule has 0 aromatic heterocycles. The number of hydrogen-bond donors (Lipinski definition) is 0. The van der Waals surface area contributed by atoms with E-state index in [9.17, 15) is 9.59 Å². The van der Waals surface area contributed by atoms with Gasteiger partial charge in [0.2, 0.25) is 0 Å². The zero-order chi connectivity index (χ0) is 19.1. The van der Waals surface area contributed by atoms with Crippen LogP contribution in [0.1, 0.15) is 32.3 Å². The Morgan fingerprint density at radius 2 is 2.00 bits per heavy atom. The monoisotopic (exact) mass is 381 g/mol. The molecule has 0 N–H and O–H groups in total. The third kappa shape index (κ3) is 5.14. The summed E-state index contributed by atoms with van der Waals surface area (Å²) in [5, 5.41) is 0.379. The summed E-state index contributed by atoms with van der Waals surface area (Å²) < 4.78 is 15.9. The fourth-order valence-corrected chi connectivity index (χ4v) is 3.06. The van der Waals surface area contributed by atoms with Gasteiger partial charge >= 0.3 is 5.97 Å². The van der Waals surface area contributed by atoms with Crippen molar-refractivity contribution in [1.29, 1.82) is 0 Å². The molecule has 7 heteroatoms. The number of likely N-dealkylation sites (tertiary alicyclic amines) is 1. The first kappa shape index (κ1) is 20.1. The quantitative estimate of drug-likeness (QED) is 0.535. The van der Waals surface area contributed by atoms with Gasteiger partial charge in [-0.3, -0.25) is 4.79 Å². The Hall–Kier alpha value is -2.21. The normalized spacial score (nSPS) is 15.2. The third-order valence-electron chi connectivity index (χ3n) is 4.01. The number of nitrogens with zero attached hydrogens (tertiary/aromatic N) is 1. The molecule has 0 bridgehead atoms. The summed E-state index contributed by atoms with van der Waals surface area (Å²) in [6.45, 7) is 5.34. The molecule has 6 nitrogen and oxygen atoms in total. The Balaban J connectivity index is 2.01. The highest BCUT2D eigenvalue weighted by molar-refractivity contribution is 6.32. The van der Waals surface area contributed by atoms with Gasteiger partial charge in [-0.05, 0) is 50.5 Å². The van der Waals surface area contributed by atoms with Crippen LogP contribution in [0, 0.1) is 0 Å². The second-order valence-corrected chi connectivity index (χ2v) is 6.32. The molecular formula is C19H24ClNO5. The first-order valence-corrected chi connectivity index (χ1v) is 9.01. The van der Waals surface area contributed by atoms with Crippen LogP contribution in [0.2, 0.25) is 5.02 Å². The topological polar surface area (TPSA) is 65.1 Å².